The molecule has 0 bridgehead atoms. The van der Waals surface area contributed by atoms with Gasteiger partial charge in [-0.3, -0.25) is 33.6 Å². The van der Waals surface area contributed by atoms with E-state index in [0.29, 0.717) is 12.0 Å². The van der Waals surface area contributed by atoms with E-state index in [1.165, 1.54) is 4.90 Å². The molecule has 2 rings (SSSR count). The SMILES string of the molecule is CC(C)[C@H](NC(=O)[C@@H](N)CO)C(=O)NCC(=O)N1CCC[C@H]1C(=O)N[C@@H](Cc1ccccc1)C(=O)N[C@@H](CC(=O)O)C(=O)N[C@@H](CO)C(=O)O. The minimum Gasteiger partial charge on any atom is -0.481 e. The van der Waals surface area contributed by atoms with Crippen LogP contribution < -0.4 is 32.3 Å². The summed E-state index contributed by atoms with van der Waals surface area (Å²) in [5.74, 6) is -8.52. The monoisotopic (exact) mass is 707 g/mol. The number of carbonyl (C=O) groups is 8. The largest absolute Gasteiger partial charge is 0.481 e. The molecule has 0 aliphatic carbocycles. The van der Waals surface area contributed by atoms with E-state index < -0.39 is 116 Å². The maximum Gasteiger partial charge on any atom is 0.328 e. The van der Waals surface area contributed by atoms with Crippen molar-refractivity contribution in [2.45, 2.75) is 75.8 Å². The molecule has 0 aromatic heterocycles. The Bertz CT molecular complexity index is 1390. The van der Waals surface area contributed by atoms with Gasteiger partial charge < -0.3 is 57.6 Å². The van der Waals surface area contributed by atoms with Gasteiger partial charge in [-0.2, -0.15) is 0 Å². The number of aliphatic hydroxyl groups excluding tert-OH is 2. The number of amides is 6. The second kappa shape index (κ2) is 19.8. The lowest BCUT2D eigenvalue weighted by Gasteiger charge is -2.28. The Balaban J connectivity index is 2.20. The molecule has 11 N–H and O–H groups in total. The van der Waals surface area contributed by atoms with E-state index in [4.69, 9.17) is 15.9 Å². The van der Waals surface area contributed by atoms with E-state index in [0.717, 1.165) is 0 Å². The van der Waals surface area contributed by atoms with Gasteiger partial charge >= 0.3 is 11.9 Å². The van der Waals surface area contributed by atoms with Crippen LogP contribution in [0.4, 0.5) is 0 Å². The van der Waals surface area contributed by atoms with Gasteiger partial charge in [0.15, 0.2) is 0 Å². The Kier molecular flexibility index (Phi) is 16.2. The number of hydrogen-bond donors (Lipinski definition) is 10. The number of benzene rings is 1. The van der Waals surface area contributed by atoms with Crippen LogP contribution in [0, 0.1) is 5.92 Å². The summed E-state index contributed by atoms with van der Waals surface area (Å²) in [4.78, 5) is 102. The van der Waals surface area contributed by atoms with Crippen LogP contribution in [0.25, 0.3) is 0 Å². The zero-order valence-corrected chi connectivity index (χ0v) is 27.7. The van der Waals surface area contributed by atoms with Crippen LogP contribution in [0.15, 0.2) is 30.3 Å². The number of aliphatic hydroxyl groups is 2. The predicted octanol–water partition coefficient (Wildman–Crippen LogP) is -4.20. The summed E-state index contributed by atoms with van der Waals surface area (Å²) in [6.45, 7) is 1.28. The molecule has 19 nitrogen and oxygen atoms in total. The zero-order chi connectivity index (χ0) is 37.5. The molecule has 1 aliphatic heterocycles. The Morgan fingerprint density at radius 2 is 1.44 bits per heavy atom. The van der Waals surface area contributed by atoms with Gasteiger partial charge in [-0.25, -0.2) is 4.79 Å². The standard InChI is InChI=1S/C31H45N7O12/c1-16(2)25(37-26(44)18(32)14-39)30(48)33-13-23(41)38-10-6-9-22(38)29(47)35-19(11-17-7-4-3-5-8-17)27(45)34-20(12-24(42)43)28(46)36-21(15-40)31(49)50/h3-5,7-8,16,18-22,25,39-40H,6,9-15,32H2,1-2H3,(H,33,48)(H,34,45)(H,35,47)(H,36,46)(H,37,44)(H,42,43)(H,49,50)/t18-,19-,20-,21-,22-,25-/m0/s1. The summed E-state index contributed by atoms with van der Waals surface area (Å²) in [5.41, 5.74) is 6.09. The van der Waals surface area contributed by atoms with Gasteiger partial charge in [-0.1, -0.05) is 44.2 Å². The number of nitrogens with two attached hydrogens (primary N) is 1. The van der Waals surface area contributed by atoms with Crippen molar-refractivity contribution in [1.29, 1.82) is 0 Å². The van der Waals surface area contributed by atoms with Crippen molar-refractivity contribution in [3.05, 3.63) is 35.9 Å². The molecule has 1 heterocycles. The third-order valence-electron chi connectivity index (χ3n) is 7.79. The Morgan fingerprint density at radius 3 is 2.00 bits per heavy atom. The molecule has 0 unspecified atom stereocenters. The van der Waals surface area contributed by atoms with E-state index in [2.05, 4.69) is 21.3 Å². The second-order valence-electron chi connectivity index (χ2n) is 12.0. The van der Waals surface area contributed by atoms with Gasteiger partial charge in [-0.05, 0) is 24.3 Å². The molecule has 0 radical (unpaired) electrons. The maximum absolute atomic E-state index is 13.6. The van der Waals surface area contributed by atoms with Crippen LogP contribution in [0.5, 0.6) is 0 Å². The number of nitrogens with one attached hydrogen (secondary N) is 5. The van der Waals surface area contributed by atoms with Crippen molar-refractivity contribution in [3.8, 4) is 0 Å². The fourth-order valence-electron chi connectivity index (χ4n) is 5.03. The minimum atomic E-state index is -1.78. The van der Waals surface area contributed by atoms with Crippen LogP contribution >= 0.6 is 0 Å². The molecule has 0 saturated carbocycles. The number of rotatable bonds is 19. The summed E-state index contributed by atoms with van der Waals surface area (Å²) >= 11 is 0. The summed E-state index contributed by atoms with van der Waals surface area (Å²) < 4.78 is 0. The first-order valence-electron chi connectivity index (χ1n) is 15.8. The van der Waals surface area contributed by atoms with E-state index in [9.17, 15) is 48.6 Å². The van der Waals surface area contributed by atoms with Crippen LogP contribution in [0.2, 0.25) is 0 Å². The quantitative estimate of drug-likeness (QED) is 0.0653. The first kappa shape index (κ1) is 41.0. The molecule has 6 atom stereocenters. The first-order chi connectivity index (χ1) is 23.6. The van der Waals surface area contributed by atoms with Gasteiger partial charge in [0, 0.05) is 13.0 Å². The summed E-state index contributed by atoms with van der Waals surface area (Å²) in [6.07, 6.45) is -0.453. The molecule has 0 spiro atoms. The highest BCUT2D eigenvalue weighted by atomic mass is 16.4. The predicted molar refractivity (Wildman–Crippen MR) is 172 cm³/mol. The van der Waals surface area contributed by atoms with Gasteiger partial charge in [0.2, 0.25) is 35.4 Å². The van der Waals surface area contributed by atoms with Gasteiger partial charge in [0.05, 0.1) is 26.2 Å². The fraction of sp³-hybridized carbons (Fsp3) is 0.548. The van der Waals surface area contributed by atoms with Crippen molar-refractivity contribution in [1.82, 2.24) is 31.5 Å². The number of nitrogens with zero attached hydrogens (tertiary/aromatic N) is 1. The third kappa shape index (κ3) is 12.4. The van der Waals surface area contributed by atoms with Crippen molar-refractivity contribution in [2.75, 3.05) is 26.3 Å². The summed E-state index contributed by atoms with van der Waals surface area (Å²) in [5, 5.41) is 48.5. The van der Waals surface area contributed by atoms with E-state index >= 15 is 0 Å². The molecule has 1 aromatic rings. The molecule has 1 fully saturated rings. The topological polar surface area (TPSA) is 307 Å². The molecular weight excluding hydrogens is 662 g/mol. The highest BCUT2D eigenvalue weighted by Gasteiger charge is 2.37. The number of likely N-dealkylation sites (tertiary alicyclic amines) is 1. The van der Waals surface area contributed by atoms with Gasteiger partial charge in [0.25, 0.3) is 0 Å². The Hall–Kier alpha value is -5.14. The van der Waals surface area contributed by atoms with Crippen LogP contribution in [0.1, 0.15) is 38.7 Å². The number of aliphatic carboxylic acids is 2. The van der Waals surface area contributed by atoms with Crippen molar-refractivity contribution >= 4 is 47.4 Å². The van der Waals surface area contributed by atoms with Crippen LogP contribution in [-0.2, 0) is 44.8 Å². The van der Waals surface area contributed by atoms with Gasteiger partial charge in [0.1, 0.15) is 36.3 Å². The second-order valence-corrected chi connectivity index (χ2v) is 12.0. The van der Waals surface area contributed by atoms with Gasteiger partial charge in [-0.15, -0.1) is 0 Å². The van der Waals surface area contributed by atoms with Crippen molar-refractivity contribution < 1.29 is 58.8 Å². The summed E-state index contributed by atoms with van der Waals surface area (Å²) in [7, 11) is 0. The highest BCUT2D eigenvalue weighted by Crippen LogP contribution is 2.18. The average molecular weight is 708 g/mol. The van der Waals surface area contributed by atoms with E-state index in [-0.39, 0.29) is 19.4 Å². The molecule has 276 valence electrons. The highest BCUT2D eigenvalue weighted by molar-refractivity contribution is 5.97. The normalized spacial score (nSPS) is 17.0. The number of hydrogen-bond acceptors (Lipinski definition) is 11. The number of carboxylic acid groups (broad SMARTS) is 2. The molecule has 50 heavy (non-hydrogen) atoms. The Labute approximate surface area is 287 Å². The number of carbonyl (C=O) groups excluding carboxylic acids is 6. The average Bonchev–Trinajstić information content (AvgIpc) is 3.57. The molecule has 6 amide bonds. The number of carboxylic acids is 2. The molecular formula is C31H45N7O12. The zero-order valence-electron chi connectivity index (χ0n) is 27.7. The first-order valence-corrected chi connectivity index (χ1v) is 15.8. The lowest BCUT2D eigenvalue weighted by atomic mass is 10.0. The summed E-state index contributed by atoms with van der Waals surface area (Å²) in [6, 6.07) is 0.0501. The van der Waals surface area contributed by atoms with E-state index in [1.807, 2.05) is 5.32 Å². The van der Waals surface area contributed by atoms with Crippen molar-refractivity contribution in [2.24, 2.45) is 11.7 Å². The molecule has 1 saturated heterocycles. The third-order valence-corrected chi connectivity index (χ3v) is 7.79. The molecule has 1 aliphatic rings. The molecule has 19 heteroatoms. The lowest BCUT2D eigenvalue weighted by Crippen LogP contribution is -2.59. The van der Waals surface area contributed by atoms with Crippen molar-refractivity contribution in [3.63, 3.8) is 0 Å². The minimum absolute atomic E-state index is 0.118. The maximum atomic E-state index is 13.6. The fourth-order valence-corrected chi connectivity index (χ4v) is 5.03. The van der Waals surface area contributed by atoms with E-state index in [1.54, 1.807) is 44.2 Å². The smallest absolute Gasteiger partial charge is 0.328 e. The van der Waals surface area contributed by atoms with Crippen LogP contribution in [0.3, 0.4) is 0 Å². The Morgan fingerprint density at radius 1 is 0.820 bits per heavy atom. The molecule has 1 aromatic carbocycles. The lowest BCUT2D eigenvalue weighted by molar-refractivity contribution is -0.144. The van der Waals surface area contributed by atoms with Crippen LogP contribution in [-0.4, -0.2) is 135 Å².